The monoisotopic (exact) mass is 309 g/mol. The first-order valence-electron chi connectivity index (χ1n) is 7.21. The zero-order chi connectivity index (χ0) is 15.0. The maximum absolute atomic E-state index is 6.28. The number of alkyl halides is 1. The normalized spacial score (nSPS) is 16.6. The van der Waals surface area contributed by atoms with E-state index in [2.05, 4.69) is 31.5 Å². The van der Waals surface area contributed by atoms with Gasteiger partial charge in [0.2, 0.25) is 5.88 Å². The van der Waals surface area contributed by atoms with E-state index in [1.54, 1.807) is 7.11 Å². The van der Waals surface area contributed by atoms with E-state index in [1.807, 2.05) is 6.92 Å². The van der Waals surface area contributed by atoms with Gasteiger partial charge in [-0.05, 0) is 26.8 Å². The predicted octanol–water partition coefficient (Wildman–Crippen LogP) is 2.23. The highest BCUT2D eigenvalue weighted by Gasteiger charge is 2.26. The van der Waals surface area contributed by atoms with Crippen molar-refractivity contribution in [2.45, 2.75) is 37.7 Å². The number of methoxy groups -OCH3 is 1. The minimum Gasteiger partial charge on any atom is -0.479 e. The fourth-order valence-corrected chi connectivity index (χ4v) is 2.73. The Balaban J connectivity index is 1.95. The van der Waals surface area contributed by atoms with Crippen LogP contribution >= 0.6 is 11.6 Å². The second-order valence-corrected chi connectivity index (χ2v) is 6.16. The molecular formula is C14H20ClN5O. The summed E-state index contributed by atoms with van der Waals surface area (Å²) in [5, 5.41) is -0.185. The Morgan fingerprint density at radius 3 is 2.86 bits per heavy atom. The molecule has 3 rings (SSSR count). The van der Waals surface area contributed by atoms with Crippen LogP contribution in [-0.2, 0) is 6.54 Å². The summed E-state index contributed by atoms with van der Waals surface area (Å²) < 4.78 is 7.35. The highest BCUT2D eigenvalue weighted by Crippen LogP contribution is 2.28. The molecule has 6 nitrogen and oxygen atoms in total. The molecule has 0 N–H and O–H groups in total. The molecule has 1 atom stereocenters. The van der Waals surface area contributed by atoms with Gasteiger partial charge in [-0.3, -0.25) is 0 Å². The summed E-state index contributed by atoms with van der Waals surface area (Å²) in [5.41, 5.74) is 1.46. The van der Waals surface area contributed by atoms with Crippen molar-refractivity contribution in [3.8, 4) is 5.88 Å². The van der Waals surface area contributed by atoms with Crippen LogP contribution < -0.4 is 4.74 Å². The minimum absolute atomic E-state index is 0.185. The Labute approximate surface area is 129 Å². The second kappa shape index (κ2) is 5.77. The lowest BCUT2D eigenvalue weighted by molar-refractivity contribution is 0.309. The molecule has 1 aliphatic carbocycles. The summed E-state index contributed by atoms with van der Waals surface area (Å²) in [6, 6.07) is 0.737. The Morgan fingerprint density at radius 1 is 1.48 bits per heavy atom. The molecular weight excluding hydrogens is 290 g/mol. The number of nitrogens with zero attached hydrogens (tertiary/aromatic N) is 5. The van der Waals surface area contributed by atoms with Gasteiger partial charge >= 0.3 is 0 Å². The third kappa shape index (κ3) is 2.82. The van der Waals surface area contributed by atoms with Gasteiger partial charge in [0, 0.05) is 19.1 Å². The number of aromatic nitrogens is 4. The molecule has 0 aromatic carbocycles. The zero-order valence-corrected chi connectivity index (χ0v) is 13.3. The molecule has 1 fully saturated rings. The molecule has 1 unspecified atom stereocenters. The number of hydrogen-bond donors (Lipinski definition) is 0. The average Bonchev–Trinajstić information content (AvgIpc) is 3.25. The molecule has 0 bridgehead atoms. The SMILES string of the molecule is COc1ncnc2c1nc(C(C)Cl)n2CCN(C)C1CC1. The topological polar surface area (TPSA) is 56.1 Å². The molecule has 2 aromatic rings. The first-order chi connectivity index (χ1) is 10.1. The molecule has 1 saturated carbocycles. The van der Waals surface area contributed by atoms with E-state index in [1.165, 1.54) is 19.2 Å². The largest absolute Gasteiger partial charge is 0.479 e. The van der Waals surface area contributed by atoms with Crippen molar-refractivity contribution in [2.75, 3.05) is 20.7 Å². The van der Waals surface area contributed by atoms with Gasteiger partial charge in [-0.25, -0.2) is 9.97 Å². The summed E-state index contributed by atoms with van der Waals surface area (Å²) in [5.74, 6) is 1.31. The average molecular weight is 310 g/mol. The van der Waals surface area contributed by atoms with E-state index in [-0.39, 0.29) is 5.38 Å². The fraction of sp³-hybridized carbons (Fsp3) is 0.643. The molecule has 0 radical (unpaired) electrons. The number of imidazole rings is 1. The third-order valence-electron chi connectivity index (χ3n) is 3.92. The van der Waals surface area contributed by atoms with Crippen molar-refractivity contribution in [3.63, 3.8) is 0 Å². The Bertz CT molecular complexity index is 638. The Kier molecular flexibility index (Phi) is 3.99. The number of ether oxygens (including phenoxy) is 1. The smallest absolute Gasteiger partial charge is 0.245 e. The zero-order valence-electron chi connectivity index (χ0n) is 12.6. The van der Waals surface area contributed by atoms with Gasteiger partial charge in [0.15, 0.2) is 11.2 Å². The molecule has 0 amide bonds. The number of halogens is 1. The minimum atomic E-state index is -0.185. The van der Waals surface area contributed by atoms with Gasteiger partial charge in [0.05, 0.1) is 12.5 Å². The Morgan fingerprint density at radius 2 is 2.24 bits per heavy atom. The lowest BCUT2D eigenvalue weighted by Gasteiger charge is -2.17. The molecule has 21 heavy (non-hydrogen) atoms. The standard InChI is InChI=1S/C14H20ClN5O/c1-9(15)12-18-11-13(16-8-17-14(11)21-3)20(12)7-6-19(2)10-4-5-10/h8-10H,4-7H2,1-3H3. The van der Waals surface area contributed by atoms with E-state index >= 15 is 0 Å². The number of fused-ring (bicyclic) bond motifs is 1. The van der Waals surface area contributed by atoms with Crippen LogP contribution in [0.25, 0.3) is 11.2 Å². The van der Waals surface area contributed by atoms with E-state index in [9.17, 15) is 0 Å². The van der Waals surface area contributed by atoms with Crippen LogP contribution in [0, 0.1) is 0 Å². The van der Waals surface area contributed by atoms with Crippen molar-refractivity contribution in [1.29, 1.82) is 0 Å². The van der Waals surface area contributed by atoms with Crippen molar-refractivity contribution >= 4 is 22.8 Å². The van der Waals surface area contributed by atoms with Crippen molar-refractivity contribution in [3.05, 3.63) is 12.2 Å². The van der Waals surface area contributed by atoms with Crippen LogP contribution in [0.5, 0.6) is 5.88 Å². The van der Waals surface area contributed by atoms with Gasteiger partial charge in [0.25, 0.3) is 0 Å². The molecule has 1 aliphatic rings. The van der Waals surface area contributed by atoms with Crippen molar-refractivity contribution < 1.29 is 4.74 Å². The van der Waals surface area contributed by atoms with Crippen LogP contribution in [0.2, 0.25) is 0 Å². The van der Waals surface area contributed by atoms with Gasteiger partial charge in [-0.2, -0.15) is 4.98 Å². The van der Waals surface area contributed by atoms with Gasteiger partial charge in [-0.1, -0.05) is 0 Å². The van der Waals surface area contributed by atoms with E-state index < -0.39 is 0 Å². The number of likely N-dealkylation sites (N-methyl/N-ethyl adjacent to an activating group) is 1. The lowest BCUT2D eigenvalue weighted by atomic mass is 10.4. The highest BCUT2D eigenvalue weighted by molar-refractivity contribution is 6.20. The van der Waals surface area contributed by atoms with Gasteiger partial charge in [-0.15, -0.1) is 11.6 Å². The van der Waals surface area contributed by atoms with Crippen molar-refractivity contribution in [1.82, 2.24) is 24.4 Å². The van der Waals surface area contributed by atoms with E-state index in [0.29, 0.717) is 11.4 Å². The quantitative estimate of drug-likeness (QED) is 0.766. The van der Waals surface area contributed by atoms with E-state index in [0.717, 1.165) is 30.6 Å². The van der Waals surface area contributed by atoms with Crippen LogP contribution in [0.4, 0.5) is 0 Å². The molecule has 0 aliphatic heterocycles. The lowest BCUT2D eigenvalue weighted by Crippen LogP contribution is -2.26. The van der Waals surface area contributed by atoms with E-state index in [4.69, 9.17) is 16.3 Å². The van der Waals surface area contributed by atoms with Crippen LogP contribution in [0.15, 0.2) is 6.33 Å². The molecule has 0 saturated heterocycles. The van der Waals surface area contributed by atoms with Gasteiger partial charge in [0.1, 0.15) is 12.2 Å². The predicted molar refractivity (Wildman–Crippen MR) is 81.8 cm³/mol. The third-order valence-corrected chi connectivity index (χ3v) is 4.12. The highest BCUT2D eigenvalue weighted by atomic mass is 35.5. The number of hydrogen-bond acceptors (Lipinski definition) is 5. The Hall–Kier alpha value is -1.40. The van der Waals surface area contributed by atoms with Gasteiger partial charge < -0.3 is 14.2 Å². The van der Waals surface area contributed by atoms with Crippen LogP contribution in [-0.4, -0.2) is 51.2 Å². The van der Waals surface area contributed by atoms with Crippen molar-refractivity contribution in [2.24, 2.45) is 0 Å². The molecule has 0 spiro atoms. The summed E-state index contributed by atoms with van der Waals surface area (Å²) >= 11 is 6.28. The first kappa shape index (κ1) is 14.5. The second-order valence-electron chi connectivity index (χ2n) is 5.50. The summed E-state index contributed by atoms with van der Waals surface area (Å²) in [4.78, 5) is 15.4. The molecule has 7 heteroatoms. The number of rotatable bonds is 6. The first-order valence-corrected chi connectivity index (χ1v) is 7.65. The molecule has 114 valence electrons. The maximum atomic E-state index is 6.28. The summed E-state index contributed by atoms with van der Waals surface area (Å²) in [7, 11) is 3.75. The fourth-order valence-electron chi connectivity index (χ4n) is 2.56. The maximum Gasteiger partial charge on any atom is 0.245 e. The molecule has 2 aromatic heterocycles. The van der Waals surface area contributed by atoms with Crippen LogP contribution in [0.3, 0.4) is 0 Å². The summed E-state index contributed by atoms with van der Waals surface area (Å²) in [6.45, 7) is 3.69. The molecule has 2 heterocycles. The van der Waals surface area contributed by atoms with Crippen LogP contribution in [0.1, 0.15) is 31.0 Å². The summed E-state index contributed by atoms with van der Waals surface area (Å²) in [6.07, 6.45) is 4.11.